The lowest BCUT2D eigenvalue weighted by Gasteiger charge is -2.57. The van der Waals surface area contributed by atoms with Crippen LogP contribution in [0.3, 0.4) is 0 Å². The summed E-state index contributed by atoms with van der Waals surface area (Å²) in [6, 6.07) is 0. The van der Waals surface area contributed by atoms with Crippen LogP contribution in [-0.4, -0.2) is 17.9 Å². The minimum atomic E-state index is -0.0781. The molecule has 6 atom stereocenters. The van der Waals surface area contributed by atoms with E-state index in [1.807, 2.05) is 6.08 Å². The van der Waals surface area contributed by atoms with Crippen molar-refractivity contribution in [2.45, 2.75) is 90.6 Å². The molecule has 0 radical (unpaired) electrons. The summed E-state index contributed by atoms with van der Waals surface area (Å²) in [5.74, 6) is 2.54. The minimum absolute atomic E-state index is 0.0276. The van der Waals surface area contributed by atoms with Crippen molar-refractivity contribution in [3.63, 3.8) is 0 Å². The Bertz CT molecular complexity index is 844. The summed E-state index contributed by atoms with van der Waals surface area (Å²) in [5.41, 5.74) is 2.31. The molecular formula is C28H38O3. The predicted molar refractivity (Wildman–Crippen MR) is 122 cm³/mol. The number of fused-ring (bicyclic) bond motifs is 5. The molecule has 4 fully saturated rings. The number of carbonyl (C=O) groups excluding carboxylic acids is 2. The van der Waals surface area contributed by atoms with E-state index in [-0.39, 0.29) is 28.7 Å². The van der Waals surface area contributed by atoms with Gasteiger partial charge in [-0.15, -0.1) is 0 Å². The first-order chi connectivity index (χ1) is 14.8. The van der Waals surface area contributed by atoms with E-state index in [4.69, 9.17) is 4.74 Å². The fraction of sp³-hybridized carbons (Fsp3) is 0.714. The van der Waals surface area contributed by atoms with E-state index in [9.17, 15) is 9.59 Å². The van der Waals surface area contributed by atoms with E-state index < -0.39 is 0 Å². The predicted octanol–water partition coefficient (Wildman–Crippen LogP) is 6.34. The third-order valence-corrected chi connectivity index (χ3v) is 9.95. The fourth-order valence-corrected chi connectivity index (χ4v) is 8.19. The van der Waals surface area contributed by atoms with Crippen LogP contribution in [0.2, 0.25) is 0 Å². The number of hydrogen-bond acceptors (Lipinski definition) is 3. The van der Waals surface area contributed by atoms with Crippen molar-refractivity contribution in [1.82, 2.24) is 0 Å². The monoisotopic (exact) mass is 422 g/mol. The summed E-state index contributed by atoms with van der Waals surface area (Å²) in [6.07, 6.45) is 18.0. The van der Waals surface area contributed by atoms with Crippen LogP contribution in [0, 0.1) is 34.5 Å². The highest BCUT2D eigenvalue weighted by molar-refractivity contribution is 6.01. The summed E-state index contributed by atoms with van der Waals surface area (Å²) < 4.78 is 6.16. The lowest BCUT2D eigenvalue weighted by molar-refractivity contribution is -0.159. The second-order valence-corrected chi connectivity index (χ2v) is 11.6. The fourth-order valence-electron chi connectivity index (χ4n) is 8.19. The second kappa shape index (κ2) is 7.74. The Labute approximate surface area is 187 Å². The normalized spacial score (nSPS) is 42.1. The highest BCUT2D eigenvalue weighted by atomic mass is 16.5. The highest BCUT2D eigenvalue weighted by Crippen LogP contribution is 2.65. The first-order valence-corrected chi connectivity index (χ1v) is 12.6. The van der Waals surface area contributed by atoms with Gasteiger partial charge in [-0.25, -0.2) is 0 Å². The van der Waals surface area contributed by atoms with Crippen LogP contribution in [0.1, 0.15) is 84.5 Å². The molecule has 0 aromatic carbocycles. The van der Waals surface area contributed by atoms with Gasteiger partial charge in [0.25, 0.3) is 0 Å². The Balaban J connectivity index is 1.29. The van der Waals surface area contributed by atoms with E-state index in [0.29, 0.717) is 24.2 Å². The lowest BCUT2D eigenvalue weighted by Crippen LogP contribution is -2.51. The summed E-state index contributed by atoms with van der Waals surface area (Å²) in [6.45, 7) is 9.08. The molecule has 0 aliphatic heterocycles. The largest absolute Gasteiger partial charge is 0.462 e. The first kappa shape index (κ1) is 21.2. The smallest absolute Gasteiger partial charge is 0.306 e. The molecule has 0 amide bonds. The molecule has 0 saturated heterocycles. The van der Waals surface area contributed by atoms with Gasteiger partial charge in [-0.1, -0.05) is 57.8 Å². The van der Waals surface area contributed by atoms with Gasteiger partial charge in [0, 0.05) is 17.3 Å². The molecule has 0 aromatic heterocycles. The quantitative estimate of drug-likeness (QED) is 0.496. The Morgan fingerprint density at radius 3 is 2.68 bits per heavy atom. The number of ether oxygens (including phenoxy) is 1. The molecule has 5 rings (SSSR count). The molecule has 0 aromatic rings. The molecule has 0 N–H and O–H groups in total. The van der Waals surface area contributed by atoms with Gasteiger partial charge in [-0.2, -0.15) is 0 Å². The van der Waals surface area contributed by atoms with Crippen LogP contribution in [0.5, 0.6) is 0 Å². The topological polar surface area (TPSA) is 43.4 Å². The average Bonchev–Trinajstić information content (AvgIpc) is 3.36. The maximum Gasteiger partial charge on any atom is 0.306 e. The minimum Gasteiger partial charge on any atom is -0.462 e. The maximum absolute atomic E-state index is 12.7. The third kappa shape index (κ3) is 3.47. The van der Waals surface area contributed by atoms with Crippen molar-refractivity contribution in [3.8, 4) is 0 Å². The number of allylic oxidation sites excluding steroid dienone is 5. The number of rotatable bonds is 4. The molecule has 3 nitrogen and oxygen atoms in total. The summed E-state index contributed by atoms with van der Waals surface area (Å²) in [4.78, 5) is 24.7. The zero-order chi connectivity index (χ0) is 21.8. The molecule has 4 saturated carbocycles. The van der Waals surface area contributed by atoms with Crippen molar-refractivity contribution >= 4 is 11.8 Å². The van der Waals surface area contributed by atoms with Crippen LogP contribution in [0.25, 0.3) is 0 Å². The van der Waals surface area contributed by atoms with Gasteiger partial charge in [-0.3, -0.25) is 9.59 Å². The van der Waals surface area contributed by atoms with Gasteiger partial charge in [0.2, 0.25) is 0 Å². The summed E-state index contributed by atoms with van der Waals surface area (Å²) in [7, 11) is 0. The molecule has 0 bridgehead atoms. The Kier molecular flexibility index (Phi) is 5.30. The van der Waals surface area contributed by atoms with E-state index in [1.165, 1.54) is 25.7 Å². The molecule has 0 heterocycles. The van der Waals surface area contributed by atoms with Gasteiger partial charge in [0.1, 0.15) is 6.10 Å². The Hall–Kier alpha value is -1.64. The van der Waals surface area contributed by atoms with Gasteiger partial charge in [0.15, 0.2) is 5.78 Å². The third-order valence-electron chi connectivity index (χ3n) is 9.95. The summed E-state index contributed by atoms with van der Waals surface area (Å²) >= 11 is 0. The van der Waals surface area contributed by atoms with Crippen molar-refractivity contribution in [1.29, 1.82) is 0 Å². The van der Waals surface area contributed by atoms with Crippen LogP contribution in [0.4, 0.5) is 0 Å². The Morgan fingerprint density at radius 1 is 1.13 bits per heavy atom. The molecule has 0 spiro atoms. The van der Waals surface area contributed by atoms with Crippen LogP contribution in [-0.2, 0) is 14.3 Å². The SMILES string of the molecule is C=C1C[C@H]2[C@@H]3CC[C@H](OC(=O)CCC4CCCC4)[C@@]3(C)CC[C@@H]2[C@@]2(C)C=CC(=O)C=C12. The van der Waals surface area contributed by atoms with Gasteiger partial charge >= 0.3 is 5.97 Å². The molecule has 0 unspecified atom stereocenters. The maximum atomic E-state index is 12.7. The zero-order valence-corrected chi connectivity index (χ0v) is 19.3. The van der Waals surface area contributed by atoms with Crippen molar-refractivity contribution < 1.29 is 14.3 Å². The van der Waals surface area contributed by atoms with Crippen molar-refractivity contribution in [2.75, 3.05) is 0 Å². The summed E-state index contributed by atoms with van der Waals surface area (Å²) in [5, 5.41) is 0. The molecule has 31 heavy (non-hydrogen) atoms. The number of esters is 1. The molecule has 5 aliphatic rings. The van der Waals surface area contributed by atoms with Crippen LogP contribution in [0.15, 0.2) is 36.0 Å². The van der Waals surface area contributed by atoms with E-state index in [0.717, 1.165) is 55.6 Å². The van der Waals surface area contributed by atoms with Crippen molar-refractivity contribution in [3.05, 3.63) is 36.0 Å². The van der Waals surface area contributed by atoms with Crippen LogP contribution >= 0.6 is 0 Å². The van der Waals surface area contributed by atoms with E-state index in [1.54, 1.807) is 6.08 Å². The van der Waals surface area contributed by atoms with E-state index in [2.05, 4.69) is 26.5 Å². The van der Waals surface area contributed by atoms with Crippen LogP contribution < -0.4 is 0 Å². The standard InChI is InChI=1S/C28H38O3/c1-18-16-21-22-9-10-25(31-26(30)11-8-19-6-4-5-7-19)28(22,3)15-13-23(21)27(2)14-12-20(29)17-24(18)27/h12,14,17,19,21-23,25H,1,4-11,13,15-16H2,2-3H3/t21-,22-,23-,25-,27+,28-/m0/s1. The first-order valence-electron chi connectivity index (χ1n) is 12.6. The number of hydrogen-bond donors (Lipinski definition) is 0. The lowest BCUT2D eigenvalue weighted by atomic mass is 9.47. The second-order valence-electron chi connectivity index (χ2n) is 11.6. The Morgan fingerprint density at radius 2 is 1.90 bits per heavy atom. The van der Waals surface area contributed by atoms with E-state index >= 15 is 0 Å². The molecule has 5 aliphatic carbocycles. The van der Waals surface area contributed by atoms with Crippen molar-refractivity contribution in [2.24, 2.45) is 34.5 Å². The zero-order valence-electron chi connectivity index (χ0n) is 19.3. The number of carbonyl (C=O) groups is 2. The van der Waals surface area contributed by atoms with Gasteiger partial charge in [-0.05, 0) is 79.9 Å². The molecule has 3 heteroatoms. The van der Waals surface area contributed by atoms with Gasteiger partial charge < -0.3 is 4.74 Å². The highest BCUT2D eigenvalue weighted by Gasteiger charge is 2.60. The molecular weight excluding hydrogens is 384 g/mol. The number of ketones is 1. The van der Waals surface area contributed by atoms with Gasteiger partial charge in [0.05, 0.1) is 0 Å². The molecule has 168 valence electrons. The average molecular weight is 423 g/mol.